The molecule has 0 aromatic rings. The minimum atomic E-state index is -0.408. The van der Waals surface area contributed by atoms with E-state index >= 15 is 0 Å². The Morgan fingerprint density at radius 2 is 2.20 bits per heavy atom. The van der Waals surface area contributed by atoms with Crippen LogP contribution in [0, 0.1) is 5.92 Å². The van der Waals surface area contributed by atoms with Gasteiger partial charge >= 0.3 is 0 Å². The Morgan fingerprint density at radius 3 is 2.73 bits per heavy atom. The SMILES string of the molecule is CCC(C)C1=CC(=O)N(CN=C=O)C1=O. The van der Waals surface area contributed by atoms with E-state index in [-0.39, 0.29) is 18.5 Å². The van der Waals surface area contributed by atoms with Crippen molar-refractivity contribution in [2.45, 2.75) is 20.3 Å². The first-order valence-electron chi connectivity index (χ1n) is 4.72. The molecule has 0 bridgehead atoms. The van der Waals surface area contributed by atoms with Crippen LogP contribution < -0.4 is 0 Å². The molecule has 0 saturated carbocycles. The third-order valence-corrected chi connectivity index (χ3v) is 2.46. The summed E-state index contributed by atoms with van der Waals surface area (Å²) in [6.45, 7) is 3.58. The molecule has 1 rings (SSSR count). The van der Waals surface area contributed by atoms with Gasteiger partial charge < -0.3 is 0 Å². The lowest BCUT2D eigenvalue weighted by atomic mass is 9.99. The van der Waals surface area contributed by atoms with Crippen LogP contribution in [0.4, 0.5) is 0 Å². The molecule has 1 unspecified atom stereocenters. The van der Waals surface area contributed by atoms with Gasteiger partial charge in [0.05, 0.1) is 0 Å². The molecule has 0 spiro atoms. The topological polar surface area (TPSA) is 66.8 Å². The molecule has 0 N–H and O–H groups in total. The summed E-state index contributed by atoms with van der Waals surface area (Å²) in [4.78, 5) is 37.1. The van der Waals surface area contributed by atoms with Crippen molar-refractivity contribution in [1.82, 2.24) is 4.90 Å². The molecule has 0 aliphatic carbocycles. The van der Waals surface area contributed by atoms with Crippen LogP contribution in [0.25, 0.3) is 0 Å². The lowest BCUT2D eigenvalue weighted by Gasteiger charge is -2.13. The van der Waals surface area contributed by atoms with Crippen LogP contribution in [0.2, 0.25) is 0 Å². The molecule has 0 fully saturated rings. The van der Waals surface area contributed by atoms with E-state index < -0.39 is 5.91 Å². The van der Waals surface area contributed by atoms with Gasteiger partial charge in [-0.3, -0.25) is 14.5 Å². The molecule has 1 atom stereocenters. The highest BCUT2D eigenvalue weighted by Gasteiger charge is 2.32. The molecule has 5 nitrogen and oxygen atoms in total. The first-order valence-corrected chi connectivity index (χ1v) is 4.72. The van der Waals surface area contributed by atoms with Crippen molar-refractivity contribution in [3.05, 3.63) is 11.6 Å². The van der Waals surface area contributed by atoms with Gasteiger partial charge in [-0.2, -0.15) is 4.99 Å². The number of aliphatic imine (C=N–C) groups is 1. The Hall–Kier alpha value is -1.74. The van der Waals surface area contributed by atoms with Gasteiger partial charge in [-0.15, -0.1) is 0 Å². The second-order valence-corrected chi connectivity index (χ2v) is 3.37. The normalized spacial score (nSPS) is 17.5. The molecule has 0 saturated heterocycles. The first kappa shape index (κ1) is 11.3. The Labute approximate surface area is 87.5 Å². The summed E-state index contributed by atoms with van der Waals surface area (Å²) >= 11 is 0. The van der Waals surface area contributed by atoms with Gasteiger partial charge in [0.2, 0.25) is 6.08 Å². The summed E-state index contributed by atoms with van der Waals surface area (Å²) in [5, 5.41) is 0. The van der Waals surface area contributed by atoms with Crippen LogP contribution in [0.1, 0.15) is 20.3 Å². The number of hydrogen-bond donors (Lipinski definition) is 0. The molecule has 1 aliphatic heterocycles. The molecule has 1 aliphatic rings. The van der Waals surface area contributed by atoms with E-state index in [1.54, 1.807) is 0 Å². The molecule has 2 amide bonds. The van der Waals surface area contributed by atoms with Crippen LogP contribution in [0.3, 0.4) is 0 Å². The second-order valence-electron chi connectivity index (χ2n) is 3.37. The Bertz CT molecular complexity index is 367. The Kier molecular flexibility index (Phi) is 3.52. The number of nitrogens with zero attached hydrogens (tertiary/aromatic N) is 2. The Balaban J connectivity index is 2.82. The molecule has 5 heteroatoms. The molecule has 1 heterocycles. The van der Waals surface area contributed by atoms with Crippen molar-refractivity contribution in [3.63, 3.8) is 0 Å². The molecular weight excluding hydrogens is 196 g/mol. The summed E-state index contributed by atoms with van der Waals surface area (Å²) in [6, 6.07) is 0. The van der Waals surface area contributed by atoms with E-state index in [2.05, 4.69) is 4.99 Å². The van der Waals surface area contributed by atoms with Gasteiger partial charge in [-0.25, -0.2) is 4.79 Å². The maximum Gasteiger partial charge on any atom is 0.258 e. The molecule has 80 valence electrons. The lowest BCUT2D eigenvalue weighted by Crippen LogP contribution is -2.31. The number of carbonyl (C=O) groups excluding carboxylic acids is 3. The second kappa shape index (κ2) is 4.66. The van der Waals surface area contributed by atoms with Crippen LogP contribution in [-0.4, -0.2) is 29.5 Å². The summed E-state index contributed by atoms with van der Waals surface area (Å²) in [5.41, 5.74) is 0.489. The zero-order chi connectivity index (χ0) is 11.4. The predicted molar refractivity (Wildman–Crippen MR) is 52.4 cm³/mol. The molecule has 15 heavy (non-hydrogen) atoms. The maximum atomic E-state index is 11.7. The molecule has 0 aromatic heterocycles. The van der Waals surface area contributed by atoms with Crippen LogP contribution in [0.15, 0.2) is 16.6 Å². The number of hydrogen-bond acceptors (Lipinski definition) is 4. The number of carbonyl (C=O) groups is 2. The summed E-state index contributed by atoms with van der Waals surface area (Å²) < 4.78 is 0. The zero-order valence-electron chi connectivity index (χ0n) is 8.69. The predicted octanol–water partition coefficient (Wildman–Crippen LogP) is 0.621. The Morgan fingerprint density at radius 1 is 1.53 bits per heavy atom. The molecular formula is C10H12N2O3. The minimum absolute atomic E-state index is 0.0478. The van der Waals surface area contributed by atoms with Gasteiger partial charge in [-0.05, 0) is 12.3 Å². The smallest absolute Gasteiger partial charge is 0.258 e. The van der Waals surface area contributed by atoms with E-state index in [4.69, 9.17) is 0 Å². The van der Waals surface area contributed by atoms with Crippen LogP contribution >= 0.6 is 0 Å². The number of isocyanates is 1. The monoisotopic (exact) mass is 208 g/mol. The van der Waals surface area contributed by atoms with E-state index in [9.17, 15) is 14.4 Å². The number of imide groups is 1. The van der Waals surface area contributed by atoms with Gasteiger partial charge in [-0.1, -0.05) is 13.8 Å². The molecule has 0 aromatic carbocycles. The van der Waals surface area contributed by atoms with Crippen molar-refractivity contribution >= 4 is 17.9 Å². The van der Waals surface area contributed by atoms with Crippen molar-refractivity contribution < 1.29 is 14.4 Å². The standard InChI is InChI=1S/C10H12N2O3/c1-3-7(2)8-4-9(14)12(10(8)15)5-11-6-13/h4,7H,3,5H2,1-2H3. The fraction of sp³-hybridized carbons (Fsp3) is 0.500. The zero-order valence-corrected chi connectivity index (χ0v) is 8.69. The third kappa shape index (κ3) is 2.19. The highest BCUT2D eigenvalue weighted by atomic mass is 16.2. The average Bonchev–Trinajstić information content (AvgIpc) is 2.51. The number of rotatable bonds is 4. The van der Waals surface area contributed by atoms with Gasteiger partial charge in [0, 0.05) is 11.6 Å². The molecule has 0 radical (unpaired) electrons. The first-order chi connectivity index (χ1) is 7.11. The largest absolute Gasteiger partial charge is 0.269 e. The lowest BCUT2D eigenvalue weighted by molar-refractivity contribution is -0.137. The quantitative estimate of drug-likeness (QED) is 0.386. The fourth-order valence-corrected chi connectivity index (χ4v) is 1.34. The minimum Gasteiger partial charge on any atom is -0.269 e. The average molecular weight is 208 g/mol. The van der Waals surface area contributed by atoms with Crippen molar-refractivity contribution in [2.75, 3.05) is 6.67 Å². The van der Waals surface area contributed by atoms with Gasteiger partial charge in [0.1, 0.15) is 6.67 Å². The van der Waals surface area contributed by atoms with E-state index in [0.29, 0.717) is 5.57 Å². The summed E-state index contributed by atoms with van der Waals surface area (Å²) in [6.07, 6.45) is 3.40. The highest BCUT2D eigenvalue weighted by molar-refractivity contribution is 6.16. The van der Waals surface area contributed by atoms with Gasteiger partial charge in [0.15, 0.2) is 0 Å². The van der Waals surface area contributed by atoms with E-state index in [0.717, 1.165) is 11.3 Å². The van der Waals surface area contributed by atoms with Gasteiger partial charge in [0.25, 0.3) is 11.8 Å². The van der Waals surface area contributed by atoms with Crippen LogP contribution in [0.5, 0.6) is 0 Å². The van der Waals surface area contributed by atoms with Crippen molar-refractivity contribution in [1.29, 1.82) is 0 Å². The van der Waals surface area contributed by atoms with Crippen molar-refractivity contribution in [3.8, 4) is 0 Å². The summed E-state index contributed by atoms with van der Waals surface area (Å²) in [7, 11) is 0. The maximum absolute atomic E-state index is 11.7. The van der Waals surface area contributed by atoms with Crippen molar-refractivity contribution in [2.24, 2.45) is 10.9 Å². The van der Waals surface area contributed by atoms with E-state index in [1.165, 1.54) is 12.2 Å². The summed E-state index contributed by atoms with van der Waals surface area (Å²) in [5.74, 6) is -0.714. The van der Waals surface area contributed by atoms with Crippen LogP contribution in [-0.2, 0) is 14.4 Å². The third-order valence-electron chi connectivity index (χ3n) is 2.46. The van der Waals surface area contributed by atoms with E-state index in [1.807, 2.05) is 13.8 Å². The number of amides is 2. The fourth-order valence-electron chi connectivity index (χ4n) is 1.34. The highest BCUT2D eigenvalue weighted by Crippen LogP contribution is 2.22.